The number of rotatable bonds is 37. The molecule has 17 nitrogen and oxygen atoms in total. The Hall–Kier alpha value is 2.14. The minimum Gasteiger partial charge on any atom is -0.436 e. The van der Waals surface area contributed by atoms with Crippen LogP contribution in [0.4, 0.5) is 0 Å². The van der Waals surface area contributed by atoms with Gasteiger partial charge in [-0.25, -0.2) is 0 Å². The molecule has 0 aromatic rings. The Morgan fingerprint density at radius 1 is 0.214 bits per heavy atom. The maximum atomic E-state index is 7.53. The van der Waals surface area contributed by atoms with Crippen LogP contribution in [-0.4, -0.2) is 175 Å². The van der Waals surface area contributed by atoms with Crippen molar-refractivity contribution < 1.29 is 72.8 Å². The molecular formula is C40H116O17Si13. The first-order chi connectivity index (χ1) is 29.5. The van der Waals surface area contributed by atoms with Crippen molar-refractivity contribution in [3.63, 3.8) is 0 Å². The molecule has 0 unspecified atom stereocenters. The molecule has 0 aliphatic rings. The molecule has 0 saturated heterocycles. The highest BCUT2D eigenvalue weighted by atomic mass is 28.6. The van der Waals surface area contributed by atoms with E-state index in [1.54, 1.807) is 64.0 Å². The van der Waals surface area contributed by atoms with Crippen molar-refractivity contribution in [2.24, 2.45) is 0 Å². The van der Waals surface area contributed by atoms with Gasteiger partial charge in [-0.15, -0.1) is 0 Å². The normalized spacial score (nSPS) is 14.4. The summed E-state index contributed by atoms with van der Waals surface area (Å²) in [6.45, 7) is 40.4. The zero-order valence-corrected chi connectivity index (χ0v) is 60.1. The van der Waals surface area contributed by atoms with Crippen LogP contribution in [0, 0.1) is 0 Å². The lowest BCUT2D eigenvalue weighted by Gasteiger charge is -2.48. The number of hydrogen-bond acceptors (Lipinski definition) is 17. The molecule has 0 aromatic carbocycles. The van der Waals surface area contributed by atoms with E-state index in [2.05, 4.69) is 111 Å². The van der Waals surface area contributed by atoms with Gasteiger partial charge in [-0.2, -0.15) is 0 Å². The molecule has 0 fully saturated rings. The van der Waals surface area contributed by atoms with E-state index in [-0.39, 0.29) is 29.7 Å². The summed E-state index contributed by atoms with van der Waals surface area (Å²) < 4.78 is 112. The highest BCUT2D eigenvalue weighted by Gasteiger charge is 2.63. The summed E-state index contributed by atoms with van der Waals surface area (Å²) in [5, 5.41) is 0. The Morgan fingerprint density at radius 2 is 0.386 bits per heavy atom. The Kier molecular flexibility index (Phi) is 36.6. The third kappa shape index (κ3) is 30.3. The topological polar surface area (TPSA) is 157 Å². The molecule has 0 rings (SSSR count). The van der Waals surface area contributed by atoms with Gasteiger partial charge in [-0.1, -0.05) is 29.7 Å². The zero-order valence-electron chi connectivity index (χ0n) is 47.1. The predicted molar refractivity (Wildman–Crippen MR) is 323 cm³/mol. The lowest BCUT2D eigenvalue weighted by Crippen LogP contribution is -2.70. The average Bonchev–Trinajstić information content (AvgIpc) is 3.16. The molecule has 430 valence electrons. The van der Waals surface area contributed by atoms with Crippen LogP contribution in [0.5, 0.6) is 0 Å². The van der Waals surface area contributed by atoms with Crippen LogP contribution in [0.3, 0.4) is 0 Å². The van der Waals surface area contributed by atoms with Crippen LogP contribution in [0.25, 0.3) is 0 Å². The summed E-state index contributed by atoms with van der Waals surface area (Å²) in [4.78, 5) is 0. The molecule has 0 radical (unpaired) electrons. The smallest absolute Gasteiger partial charge is 0.436 e. The van der Waals surface area contributed by atoms with Gasteiger partial charge >= 0.3 is 77.8 Å². The van der Waals surface area contributed by atoms with Crippen LogP contribution in [0.2, 0.25) is 173 Å². The Balaban J connectivity index is -0.00000352. The SMILES string of the molecule is C.C.C.C.CO[Si](C)(CC[Si](C)(C)O[Si](C)(C)O[Si](O[Si](C)(C)O[Si](C)(C)CC[Si](C)(OC)OC)(O[Si](C)(C)O[Si](C)(C)CC[Si](C)(OC)OC)O[Si](C)(C)O[Si](C)(C)CC[Si](OC)(OC)OC)OC. The first-order valence-corrected chi connectivity index (χ1v) is 58.0. The third-order valence-corrected chi connectivity index (χ3v) is 59.4. The van der Waals surface area contributed by atoms with Crippen molar-refractivity contribution in [1.82, 2.24) is 0 Å². The standard InChI is InChI=1S/C36H100O17Si13.4CH4/c1-37-62(26,38-2)33-29-54(10,11)46-58(18,19)50-66(51-59(20,21)47-55(12,13)30-34-63(27,39-3)40-4,52-60(22,23)48-56(14,15)31-35-64(28,41-5)42-6)53-61(24,25)49-57(16,17)32-36-65(43-7,44-8)45-9;;;;/h29-36H2,1-28H3;4*1H4. The Bertz CT molecular complexity index is 1290. The van der Waals surface area contributed by atoms with Crippen LogP contribution in [0.1, 0.15) is 29.7 Å². The van der Waals surface area contributed by atoms with E-state index in [0.717, 1.165) is 36.3 Å². The minimum absolute atomic E-state index is 0. The average molecular weight is 1230 g/mol. The van der Waals surface area contributed by atoms with Gasteiger partial charge in [-0.05, 0) is 167 Å². The van der Waals surface area contributed by atoms with Crippen LogP contribution in [0.15, 0.2) is 0 Å². The summed E-state index contributed by atoms with van der Waals surface area (Å²) in [6, 6.07) is 6.10. The second kappa shape index (κ2) is 31.7. The van der Waals surface area contributed by atoms with Crippen molar-refractivity contribution in [2.75, 3.05) is 64.0 Å². The van der Waals surface area contributed by atoms with Gasteiger partial charge in [0.15, 0.2) is 33.3 Å². The maximum Gasteiger partial charge on any atom is 0.643 e. The van der Waals surface area contributed by atoms with E-state index < -0.39 is 111 Å². The molecule has 0 aliphatic heterocycles. The van der Waals surface area contributed by atoms with Crippen LogP contribution >= 0.6 is 0 Å². The first kappa shape index (κ1) is 81.0. The van der Waals surface area contributed by atoms with E-state index >= 15 is 0 Å². The fourth-order valence-electron chi connectivity index (χ4n) is 7.74. The molecular weight excluding hydrogens is 1120 g/mol. The maximum absolute atomic E-state index is 7.53. The highest BCUT2D eigenvalue weighted by molar-refractivity contribution is 6.95. The van der Waals surface area contributed by atoms with Gasteiger partial charge in [0.2, 0.25) is 0 Å². The summed E-state index contributed by atoms with van der Waals surface area (Å²) in [6.07, 6.45) is 0. The van der Waals surface area contributed by atoms with Crippen molar-refractivity contribution in [3.8, 4) is 0 Å². The largest absolute Gasteiger partial charge is 0.643 e. The van der Waals surface area contributed by atoms with Crippen molar-refractivity contribution in [1.29, 1.82) is 0 Å². The van der Waals surface area contributed by atoms with E-state index in [9.17, 15) is 0 Å². The van der Waals surface area contributed by atoms with Crippen LogP contribution in [-0.2, 0) is 72.8 Å². The lowest BCUT2D eigenvalue weighted by molar-refractivity contribution is 0.102. The van der Waals surface area contributed by atoms with Crippen molar-refractivity contribution in [2.45, 2.75) is 202 Å². The third-order valence-electron chi connectivity index (χ3n) is 11.7. The summed E-state index contributed by atoms with van der Waals surface area (Å²) in [7, 11) is -21.8. The van der Waals surface area contributed by atoms with E-state index in [1.165, 1.54) is 0 Å². The molecule has 0 atom stereocenters. The molecule has 0 amide bonds. The molecule has 0 aromatic heterocycles. The molecule has 0 aliphatic carbocycles. The van der Waals surface area contributed by atoms with Crippen molar-refractivity contribution >= 4 is 111 Å². The fourth-order valence-corrected chi connectivity index (χ4v) is 64.9. The van der Waals surface area contributed by atoms with Gasteiger partial charge in [0.05, 0.1) is 0 Å². The molecule has 70 heavy (non-hydrogen) atoms. The van der Waals surface area contributed by atoms with Gasteiger partial charge < -0.3 is 72.8 Å². The molecule has 0 N–H and O–H groups in total. The summed E-state index contributed by atoms with van der Waals surface area (Å²) in [5.74, 6) is 0. The summed E-state index contributed by atoms with van der Waals surface area (Å²) in [5.41, 5.74) is 0. The minimum atomic E-state index is -4.39. The van der Waals surface area contributed by atoms with Gasteiger partial charge in [0, 0.05) is 70.0 Å². The van der Waals surface area contributed by atoms with Crippen molar-refractivity contribution in [3.05, 3.63) is 0 Å². The van der Waals surface area contributed by atoms with E-state index in [4.69, 9.17) is 72.8 Å². The van der Waals surface area contributed by atoms with E-state index in [0.29, 0.717) is 12.1 Å². The zero-order chi connectivity index (χ0) is 52.2. The predicted octanol–water partition coefficient (Wildman–Crippen LogP) is 12.7. The Labute approximate surface area is 447 Å². The van der Waals surface area contributed by atoms with Gasteiger partial charge in [0.1, 0.15) is 0 Å². The molecule has 0 bridgehead atoms. The fraction of sp³-hybridized carbons (Fsp3) is 1.00. The Morgan fingerprint density at radius 3 is 0.543 bits per heavy atom. The first-order valence-electron chi connectivity index (χ1n) is 23.1. The lowest BCUT2D eigenvalue weighted by atomic mass is 10.9. The monoisotopic (exact) mass is 1230 g/mol. The second-order valence-corrected chi connectivity index (χ2v) is 70.5. The number of hydrogen-bond donors (Lipinski definition) is 0. The molecule has 0 heterocycles. The summed E-state index contributed by atoms with van der Waals surface area (Å²) >= 11 is 0. The highest BCUT2D eigenvalue weighted by Crippen LogP contribution is 2.38. The molecule has 30 heteroatoms. The quantitative estimate of drug-likeness (QED) is 0.0541. The van der Waals surface area contributed by atoms with E-state index in [1.807, 2.05) is 13.1 Å². The molecule has 0 saturated carbocycles. The van der Waals surface area contributed by atoms with Crippen LogP contribution < -0.4 is 0 Å². The second-order valence-electron chi connectivity index (χ2n) is 21.9. The van der Waals surface area contributed by atoms with Gasteiger partial charge in [-0.3, -0.25) is 0 Å². The van der Waals surface area contributed by atoms with Gasteiger partial charge in [0.25, 0.3) is 0 Å². The molecule has 0 spiro atoms.